The first kappa shape index (κ1) is 22.3. The van der Waals surface area contributed by atoms with Crippen LogP contribution in [0.2, 0.25) is 0 Å². The minimum atomic E-state index is -0.332. The van der Waals surface area contributed by atoms with E-state index in [-0.39, 0.29) is 43.6 Å². The quantitative estimate of drug-likeness (QED) is 0.390. The van der Waals surface area contributed by atoms with Crippen LogP contribution in [-0.2, 0) is 38.4 Å². The third kappa shape index (κ3) is 16.1. The molecule has 19 heavy (non-hydrogen) atoms. The van der Waals surface area contributed by atoms with E-state index in [1.54, 1.807) is 0 Å². The van der Waals surface area contributed by atoms with Crippen LogP contribution in [0.25, 0.3) is 11.5 Å². The van der Waals surface area contributed by atoms with Crippen molar-refractivity contribution in [2.24, 2.45) is 9.98 Å². The molecule has 10 nitrogen and oxygen atoms in total. The van der Waals surface area contributed by atoms with Crippen molar-refractivity contribution in [1.82, 2.24) is 0 Å². The molecule has 0 saturated carbocycles. The summed E-state index contributed by atoms with van der Waals surface area (Å²) in [4.78, 5) is 6.47. The molecule has 0 aromatic heterocycles. The number of ether oxygens (including phenoxy) is 4. The molecule has 0 rings (SSSR count). The Labute approximate surface area is 123 Å². The van der Waals surface area contributed by atoms with Crippen molar-refractivity contribution in [1.29, 1.82) is 10.8 Å². The third-order valence-electron chi connectivity index (χ3n) is 1.18. The number of nitrogens with one attached hydrogen (secondary N) is 4. The molecule has 0 heterocycles. The fourth-order valence-electron chi connectivity index (χ4n) is 0.367. The van der Waals surface area contributed by atoms with E-state index in [2.05, 4.69) is 28.9 Å². The van der Waals surface area contributed by atoms with Crippen LogP contribution in [0.15, 0.2) is 9.98 Å². The van der Waals surface area contributed by atoms with Gasteiger partial charge in [-0.3, -0.25) is 10.8 Å². The molecule has 0 aliphatic heterocycles. The van der Waals surface area contributed by atoms with Crippen molar-refractivity contribution >= 4 is 24.1 Å². The zero-order chi connectivity index (χ0) is 14.6. The largest absolute Gasteiger partial charge is 2.00 e. The molecule has 0 atom stereocenters. The molecule has 0 radical (unpaired) electrons. The molecular weight excluding hydrogens is 310 g/mol. The molecule has 0 aliphatic rings. The number of methoxy groups -OCH3 is 4. The van der Waals surface area contributed by atoms with Crippen LogP contribution in [0.1, 0.15) is 0 Å². The van der Waals surface area contributed by atoms with Gasteiger partial charge >= 0.3 is 19.5 Å². The van der Waals surface area contributed by atoms with Gasteiger partial charge in [-0.2, -0.15) is 0 Å². The maximum absolute atomic E-state index is 6.76. The summed E-state index contributed by atoms with van der Waals surface area (Å²) in [6.45, 7) is 0. The number of hydrogen-bond acceptors (Lipinski definition) is 6. The van der Waals surface area contributed by atoms with Gasteiger partial charge in [-0.25, -0.2) is 0 Å². The molecule has 0 bridgehead atoms. The third-order valence-corrected chi connectivity index (χ3v) is 1.18. The minimum Gasteiger partial charge on any atom is -0.504 e. The van der Waals surface area contributed by atoms with Gasteiger partial charge in [-0.15, -0.1) is 0 Å². The number of aliphatic imine (C=N–C) groups is 2. The summed E-state index contributed by atoms with van der Waals surface area (Å²) in [5, 5.41) is 13.5. The van der Waals surface area contributed by atoms with Gasteiger partial charge in [-0.05, 0) is 0 Å². The van der Waals surface area contributed by atoms with Crippen LogP contribution in [0.4, 0.5) is 0 Å². The standard InChI is InChI=1S/2C4H8N3O2.Zn/c2*1-8-3(5)7-4(6)9-2;/h2*1-2H3,(H2-,5,6,7);/q2*-1;+2. The molecule has 0 aliphatic carbocycles. The summed E-state index contributed by atoms with van der Waals surface area (Å²) < 4.78 is 17.3. The van der Waals surface area contributed by atoms with Gasteiger partial charge in [0.2, 0.25) is 12.0 Å². The van der Waals surface area contributed by atoms with Crippen LogP contribution in [0, 0.1) is 10.8 Å². The van der Waals surface area contributed by atoms with E-state index in [9.17, 15) is 0 Å². The summed E-state index contributed by atoms with van der Waals surface area (Å²) in [7, 11) is 5.20. The Balaban J connectivity index is -0.000000256. The fourth-order valence-corrected chi connectivity index (χ4v) is 0.367. The molecule has 4 N–H and O–H groups in total. The monoisotopic (exact) mass is 324 g/mol. The topological polar surface area (TPSA) is 157 Å². The molecule has 104 valence electrons. The van der Waals surface area contributed by atoms with Gasteiger partial charge in [0.15, 0.2) is 0 Å². The average molecular weight is 326 g/mol. The Morgan fingerprint density at radius 3 is 1.16 bits per heavy atom. The first-order chi connectivity index (χ1) is 8.40. The van der Waals surface area contributed by atoms with Crippen molar-refractivity contribution in [3.05, 3.63) is 11.5 Å². The van der Waals surface area contributed by atoms with E-state index in [1.165, 1.54) is 28.4 Å². The predicted molar refractivity (Wildman–Crippen MR) is 67.0 cm³/mol. The average Bonchev–Trinajstić information content (AvgIpc) is 2.38. The Morgan fingerprint density at radius 2 is 1.00 bits per heavy atom. The Kier molecular flexibility index (Phi) is 16.6. The minimum absolute atomic E-state index is 0. The van der Waals surface area contributed by atoms with E-state index in [1.807, 2.05) is 0 Å². The van der Waals surface area contributed by atoms with E-state index >= 15 is 0 Å². The number of hydrogen-bond donors (Lipinski definition) is 2. The maximum Gasteiger partial charge on any atom is 2.00 e. The zero-order valence-corrected chi connectivity index (χ0v) is 14.2. The second-order valence-corrected chi connectivity index (χ2v) is 2.26. The van der Waals surface area contributed by atoms with Crippen LogP contribution < -0.4 is 0 Å². The van der Waals surface area contributed by atoms with Crippen LogP contribution in [-0.4, -0.2) is 52.5 Å². The first-order valence-corrected chi connectivity index (χ1v) is 4.34. The molecular formula is C8H16N6O4Zn. The van der Waals surface area contributed by atoms with Gasteiger partial charge in [0.25, 0.3) is 0 Å². The predicted octanol–water partition coefficient (Wildman–Crippen LogP) is 1.24. The number of amidine groups is 4. The van der Waals surface area contributed by atoms with Crippen molar-refractivity contribution in [2.75, 3.05) is 28.4 Å². The second kappa shape index (κ2) is 14.2. The number of nitrogens with zero attached hydrogens (tertiary/aromatic N) is 2. The molecule has 0 spiro atoms. The first-order valence-electron chi connectivity index (χ1n) is 4.34. The molecule has 11 heteroatoms. The Bertz CT molecular complexity index is 301. The molecule has 0 unspecified atom stereocenters. The van der Waals surface area contributed by atoms with Crippen molar-refractivity contribution in [2.45, 2.75) is 0 Å². The SMILES string of the molecule is COC(=N)/N=C(/[NH-])OC.COC(=N)/N=C(\[NH-])OC.[Zn+2]. The fraction of sp³-hybridized carbons (Fsp3) is 0.500. The van der Waals surface area contributed by atoms with Gasteiger partial charge < -0.3 is 40.4 Å². The molecule has 0 aromatic rings. The molecule has 0 fully saturated rings. The summed E-state index contributed by atoms with van der Waals surface area (Å²) in [6.07, 6.45) is 0. The summed E-state index contributed by atoms with van der Waals surface area (Å²) in [5.41, 5.74) is 13.5. The Morgan fingerprint density at radius 1 is 0.737 bits per heavy atom. The normalized spacial score (nSPS) is 10.1. The summed E-state index contributed by atoms with van der Waals surface area (Å²) in [6, 6.07) is -1.33. The van der Waals surface area contributed by atoms with Crippen LogP contribution in [0.5, 0.6) is 0 Å². The Hall–Kier alpha value is -1.90. The summed E-state index contributed by atoms with van der Waals surface area (Å²) in [5.74, 6) is 0. The number of rotatable bonds is 0. The van der Waals surface area contributed by atoms with Crippen LogP contribution in [0.3, 0.4) is 0 Å². The van der Waals surface area contributed by atoms with Gasteiger partial charge in [-0.1, -0.05) is 0 Å². The van der Waals surface area contributed by atoms with Crippen LogP contribution >= 0.6 is 0 Å². The molecule has 0 aromatic carbocycles. The van der Waals surface area contributed by atoms with E-state index < -0.39 is 0 Å². The van der Waals surface area contributed by atoms with Gasteiger partial charge in [0.05, 0.1) is 40.5 Å². The summed E-state index contributed by atoms with van der Waals surface area (Å²) >= 11 is 0. The van der Waals surface area contributed by atoms with Crippen molar-refractivity contribution in [3.8, 4) is 0 Å². The van der Waals surface area contributed by atoms with Gasteiger partial charge in [0, 0.05) is 0 Å². The smallest absolute Gasteiger partial charge is 0.504 e. The molecule has 0 amide bonds. The zero-order valence-electron chi connectivity index (χ0n) is 11.2. The van der Waals surface area contributed by atoms with Gasteiger partial charge in [0.1, 0.15) is 0 Å². The van der Waals surface area contributed by atoms with E-state index in [0.717, 1.165) is 0 Å². The van der Waals surface area contributed by atoms with Crippen molar-refractivity contribution in [3.63, 3.8) is 0 Å². The molecule has 0 saturated heterocycles. The second-order valence-electron chi connectivity index (χ2n) is 2.26. The van der Waals surface area contributed by atoms with E-state index in [4.69, 9.17) is 22.3 Å². The maximum atomic E-state index is 6.76. The van der Waals surface area contributed by atoms with Crippen molar-refractivity contribution < 1.29 is 38.4 Å². The van der Waals surface area contributed by atoms with E-state index in [0.29, 0.717) is 0 Å².